The van der Waals surface area contributed by atoms with E-state index in [9.17, 15) is 14.4 Å². The van der Waals surface area contributed by atoms with Crippen molar-refractivity contribution in [3.05, 3.63) is 51.9 Å². The Morgan fingerprint density at radius 2 is 2.15 bits per heavy atom. The zero-order valence-corrected chi connectivity index (χ0v) is 15.5. The van der Waals surface area contributed by atoms with E-state index in [1.165, 1.54) is 4.90 Å². The summed E-state index contributed by atoms with van der Waals surface area (Å²) in [5.74, 6) is 0.122. The van der Waals surface area contributed by atoms with E-state index in [1.807, 2.05) is 13.0 Å². The Labute approximate surface area is 156 Å². The van der Waals surface area contributed by atoms with Gasteiger partial charge in [0.15, 0.2) is 0 Å². The van der Waals surface area contributed by atoms with Gasteiger partial charge in [-0.2, -0.15) is 0 Å². The average molecular weight is 370 g/mol. The number of carbonyl (C=O) groups is 2. The van der Waals surface area contributed by atoms with Gasteiger partial charge in [0.1, 0.15) is 17.9 Å². The third kappa shape index (κ3) is 4.19. The summed E-state index contributed by atoms with van der Waals surface area (Å²) < 4.78 is 11.0. The molecule has 3 rings (SSSR count). The summed E-state index contributed by atoms with van der Waals surface area (Å²) in [4.78, 5) is 37.9. The van der Waals surface area contributed by atoms with Crippen LogP contribution in [0.1, 0.15) is 18.1 Å². The highest BCUT2D eigenvalue weighted by Gasteiger charge is 2.23. The molecule has 7 heteroatoms. The highest BCUT2D eigenvalue weighted by molar-refractivity contribution is 5.88. The summed E-state index contributed by atoms with van der Waals surface area (Å²) in [5, 5.41) is 3.42. The maximum atomic E-state index is 12.5. The van der Waals surface area contributed by atoms with Crippen molar-refractivity contribution >= 4 is 22.8 Å². The summed E-state index contributed by atoms with van der Waals surface area (Å²) in [7, 11) is 0. The summed E-state index contributed by atoms with van der Waals surface area (Å²) in [6.07, 6.45) is -0.0920. The Hall–Kier alpha value is -3.09. The topological polar surface area (TPSA) is 88.9 Å². The molecule has 1 aromatic heterocycles. The van der Waals surface area contributed by atoms with Crippen molar-refractivity contribution in [2.45, 2.75) is 20.3 Å². The number of aryl methyl sites for hydroxylation is 1. The first-order chi connectivity index (χ1) is 12.8. The molecular formula is C20H22N2O5. The molecule has 2 amide bonds. The molecule has 0 atom stereocenters. The van der Waals surface area contributed by atoms with Crippen LogP contribution >= 0.6 is 0 Å². The van der Waals surface area contributed by atoms with Crippen molar-refractivity contribution in [3.63, 3.8) is 0 Å². The fraction of sp³-hybridized carbons (Fsp3) is 0.350. The van der Waals surface area contributed by atoms with E-state index in [1.54, 1.807) is 19.1 Å². The van der Waals surface area contributed by atoms with Crippen LogP contribution in [0.2, 0.25) is 0 Å². The second-order valence-electron chi connectivity index (χ2n) is 6.74. The minimum atomic E-state index is -0.549. The number of nitrogens with zero attached hydrogens (tertiary/aromatic N) is 1. The van der Waals surface area contributed by atoms with E-state index in [2.05, 4.69) is 11.9 Å². The number of fused-ring (bicyclic) bond motifs is 1. The summed E-state index contributed by atoms with van der Waals surface area (Å²) >= 11 is 0. The van der Waals surface area contributed by atoms with Crippen molar-refractivity contribution < 1.29 is 18.7 Å². The predicted molar refractivity (Wildman–Crippen MR) is 101 cm³/mol. The smallest absolute Gasteiger partial charge is 0.340 e. The van der Waals surface area contributed by atoms with Crippen molar-refractivity contribution in [1.82, 2.24) is 10.2 Å². The van der Waals surface area contributed by atoms with Gasteiger partial charge < -0.3 is 19.4 Å². The molecule has 0 unspecified atom stereocenters. The minimum Gasteiger partial charge on any atom is -0.489 e. The fourth-order valence-corrected chi connectivity index (χ4v) is 2.99. The molecule has 0 saturated carbocycles. The molecule has 27 heavy (non-hydrogen) atoms. The van der Waals surface area contributed by atoms with Crippen molar-refractivity contribution in [2.24, 2.45) is 0 Å². The predicted octanol–water partition coefficient (Wildman–Crippen LogP) is 1.56. The summed E-state index contributed by atoms with van der Waals surface area (Å²) in [5.41, 5.74) is 1.75. The van der Waals surface area contributed by atoms with E-state index in [0.717, 1.165) is 11.0 Å². The third-order valence-corrected chi connectivity index (χ3v) is 4.46. The summed E-state index contributed by atoms with van der Waals surface area (Å²) in [6, 6.07) is 5.26. The van der Waals surface area contributed by atoms with Crippen LogP contribution < -0.4 is 15.7 Å². The highest BCUT2D eigenvalue weighted by Crippen LogP contribution is 2.25. The van der Waals surface area contributed by atoms with E-state index in [0.29, 0.717) is 42.2 Å². The molecule has 0 spiro atoms. The highest BCUT2D eigenvalue weighted by atomic mass is 16.5. The molecule has 2 aromatic rings. The Morgan fingerprint density at radius 3 is 2.85 bits per heavy atom. The second kappa shape index (κ2) is 7.65. The SMILES string of the molecule is C=C(C)COc1ccc2c(C)c(CC(=O)N3CCNC(=O)C3)c(=O)oc2c1. The summed E-state index contributed by atoms with van der Waals surface area (Å²) in [6.45, 7) is 8.69. The number of carbonyl (C=O) groups excluding carboxylic acids is 2. The molecule has 2 heterocycles. The van der Waals surface area contributed by atoms with Crippen LogP contribution in [0.3, 0.4) is 0 Å². The first-order valence-electron chi connectivity index (χ1n) is 8.73. The first kappa shape index (κ1) is 18.7. The number of amides is 2. The molecule has 0 radical (unpaired) electrons. The van der Waals surface area contributed by atoms with Gasteiger partial charge in [0, 0.05) is 24.5 Å². The van der Waals surface area contributed by atoms with Gasteiger partial charge in [-0.1, -0.05) is 6.58 Å². The maximum Gasteiger partial charge on any atom is 0.340 e. The third-order valence-electron chi connectivity index (χ3n) is 4.46. The lowest BCUT2D eigenvalue weighted by molar-refractivity contribution is -0.137. The van der Waals surface area contributed by atoms with Gasteiger partial charge in [0.05, 0.1) is 18.5 Å². The van der Waals surface area contributed by atoms with Gasteiger partial charge in [-0.3, -0.25) is 9.59 Å². The van der Waals surface area contributed by atoms with E-state index < -0.39 is 5.63 Å². The van der Waals surface area contributed by atoms with E-state index in [4.69, 9.17) is 9.15 Å². The van der Waals surface area contributed by atoms with Gasteiger partial charge in [0.25, 0.3) is 0 Å². The molecule has 1 saturated heterocycles. The number of hydrogen-bond donors (Lipinski definition) is 1. The first-order valence-corrected chi connectivity index (χ1v) is 8.73. The van der Waals surface area contributed by atoms with Crippen LogP contribution in [0.15, 0.2) is 39.6 Å². The van der Waals surface area contributed by atoms with Gasteiger partial charge >= 0.3 is 5.63 Å². The monoisotopic (exact) mass is 370 g/mol. The van der Waals surface area contributed by atoms with Crippen molar-refractivity contribution in [3.8, 4) is 5.75 Å². The molecule has 7 nitrogen and oxygen atoms in total. The van der Waals surface area contributed by atoms with Crippen molar-refractivity contribution in [1.29, 1.82) is 0 Å². The zero-order chi connectivity index (χ0) is 19.6. The molecule has 1 fully saturated rings. The Morgan fingerprint density at radius 1 is 1.37 bits per heavy atom. The largest absolute Gasteiger partial charge is 0.489 e. The normalized spacial score (nSPS) is 14.1. The lowest BCUT2D eigenvalue weighted by Gasteiger charge is -2.26. The Bertz CT molecular complexity index is 976. The number of hydrogen-bond acceptors (Lipinski definition) is 5. The van der Waals surface area contributed by atoms with Crippen LogP contribution in [-0.2, 0) is 16.0 Å². The van der Waals surface area contributed by atoms with Crippen LogP contribution in [0.25, 0.3) is 11.0 Å². The van der Waals surface area contributed by atoms with E-state index >= 15 is 0 Å². The molecule has 0 bridgehead atoms. The van der Waals surface area contributed by atoms with Crippen LogP contribution in [0, 0.1) is 6.92 Å². The molecule has 1 aliphatic rings. The van der Waals surface area contributed by atoms with Gasteiger partial charge in [0.2, 0.25) is 11.8 Å². The van der Waals surface area contributed by atoms with E-state index in [-0.39, 0.29) is 24.8 Å². The maximum absolute atomic E-state index is 12.5. The molecule has 0 aliphatic carbocycles. The second-order valence-corrected chi connectivity index (χ2v) is 6.74. The molecular weight excluding hydrogens is 348 g/mol. The molecule has 1 N–H and O–H groups in total. The lowest BCUT2D eigenvalue weighted by Crippen LogP contribution is -2.50. The quantitative estimate of drug-likeness (QED) is 0.637. The standard InChI is InChI=1S/C20H22N2O5/c1-12(2)11-26-14-4-5-15-13(3)16(20(25)27-17(15)8-14)9-19(24)22-7-6-21-18(23)10-22/h4-5,8H,1,6-7,9-11H2,2-3H3,(H,21,23). The number of nitrogens with one attached hydrogen (secondary N) is 1. The number of rotatable bonds is 5. The lowest BCUT2D eigenvalue weighted by atomic mass is 10.0. The Balaban J connectivity index is 1.87. The number of piperazine rings is 1. The fourth-order valence-electron chi connectivity index (χ4n) is 2.99. The van der Waals surface area contributed by atoms with Crippen LogP contribution in [0.4, 0.5) is 0 Å². The van der Waals surface area contributed by atoms with Crippen LogP contribution in [-0.4, -0.2) is 43.0 Å². The number of ether oxygens (including phenoxy) is 1. The zero-order valence-electron chi connectivity index (χ0n) is 15.5. The number of benzene rings is 1. The molecule has 142 valence electrons. The average Bonchev–Trinajstić information content (AvgIpc) is 2.63. The van der Waals surface area contributed by atoms with Gasteiger partial charge in [-0.05, 0) is 37.1 Å². The minimum absolute atomic E-state index is 0.0141. The van der Waals surface area contributed by atoms with Gasteiger partial charge in [-0.15, -0.1) is 0 Å². The molecule has 1 aliphatic heterocycles. The van der Waals surface area contributed by atoms with Crippen LogP contribution in [0.5, 0.6) is 5.75 Å². The Kier molecular flexibility index (Phi) is 5.30. The van der Waals surface area contributed by atoms with Gasteiger partial charge in [-0.25, -0.2) is 4.79 Å². The van der Waals surface area contributed by atoms with Crippen molar-refractivity contribution in [2.75, 3.05) is 26.2 Å². The molecule has 1 aromatic carbocycles.